The van der Waals surface area contributed by atoms with Crippen LogP contribution in [0, 0.1) is 12.3 Å². The Kier molecular flexibility index (Phi) is 4.84. The van der Waals surface area contributed by atoms with E-state index in [9.17, 15) is 0 Å². The van der Waals surface area contributed by atoms with Crippen molar-refractivity contribution in [3.8, 4) is 18.1 Å². The SMILES string of the molecule is C#CCN(C)Cc1ccc2c(Cl)ccc(OCC)c2n1. The summed E-state index contributed by atoms with van der Waals surface area (Å²) in [5.74, 6) is 3.38. The molecule has 4 heteroatoms. The van der Waals surface area contributed by atoms with Gasteiger partial charge in [0.1, 0.15) is 11.3 Å². The van der Waals surface area contributed by atoms with Gasteiger partial charge in [0.25, 0.3) is 0 Å². The van der Waals surface area contributed by atoms with Crippen LogP contribution in [0.2, 0.25) is 5.02 Å². The van der Waals surface area contributed by atoms with E-state index < -0.39 is 0 Å². The van der Waals surface area contributed by atoms with Gasteiger partial charge in [0.15, 0.2) is 0 Å². The summed E-state index contributed by atoms with van der Waals surface area (Å²) in [4.78, 5) is 6.68. The van der Waals surface area contributed by atoms with E-state index in [1.807, 2.05) is 43.1 Å². The second-order valence-electron chi connectivity index (χ2n) is 4.55. The lowest BCUT2D eigenvalue weighted by atomic mass is 10.2. The van der Waals surface area contributed by atoms with Crippen LogP contribution in [0.5, 0.6) is 5.75 Å². The maximum atomic E-state index is 6.20. The molecule has 0 aliphatic rings. The number of ether oxygens (including phenoxy) is 1. The van der Waals surface area contributed by atoms with Crippen molar-refractivity contribution in [1.29, 1.82) is 0 Å². The van der Waals surface area contributed by atoms with Crippen molar-refractivity contribution in [2.45, 2.75) is 13.5 Å². The number of nitrogens with zero attached hydrogens (tertiary/aromatic N) is 2. The van der Waals surface area contributed by atoms with Crippen LogP contribution in [0.25, 0.3) is 10.9 Å². The molecule has 20 heavy (non-hydrogen) atoms. The van der Waals surface area contributed by atoms with Crippen LogP contribution in [0.3, 0.4) is 0 Å². The zero-order valence-corrected chi connectivity index (χ0v) is 12.4. The molecule has 0 fully saturated rings. The van der Waals surface area contributed by atoms with Crippen LogP contribution < -0.4 is 4.74 Å². The third-order valence-electron chi connectivity index (χ3n) is 2.92. The number of benzene rings is 1. The molecule has 0 N–H and O–H groups in total. The van der Waals surface area contributed by atoms with Crippen LogP contribution in [0.15, 0.2) is 24.3 Å². The molecule has 0 amide bonds. The van der Waals surface area contributed by atoms with E-state index in [1.165, 1.54) is 0 Å². The van der Waals surface area contributed by atoms with Gasteiger partial charge in [0.2, 0.25) is 0 Å². The summed E-state index contributed by atoms with van der Waals surface area (Å²) in [6.07, 6.45) is 5.31. The number of rotatable bonds is 5. The van der Waals surface area contributed by atoms with Crippen molar-refractivity contribution in [2.75, 3.05) is 20.2 Å². The first kappa shape index (κ1) is 14.6. The molecule has 3 nitrogen and oxygen atoms in total. The van der Waals surface area contributed by atoms with Gasteiger partial charge in [0.05, 0.1) is 23.9 Å². The highest BCUT2D eigenvalue weighted by Crippen LogP contribution is 2.30. The van der Waals surface area contributed by atoms with Crippen molar-refractivity contribution in [3.63, 3.8) is 0 Å². The van der Waals surface area contributed by atoms with Crippen molar-refractivity contribution < 1.29 is 4.74 Å². The molecule has 0 radical (unpaired) electrons. The zero-order valence-electron chi connectivity index (χ0n) is 11.7. The molecule has 0 aliphatic heterocycles. The third-order valence-corrected chi connectivity index (χ3v) is 3.25. The van der Waals surface area contributed by atoms with E-state index in [-0.39, 0.29) is 0 Å². The second-order valence-corrected chi connectivity index (χ2v) is 4.96. The fourth-order valence-electron chi connectivity index (χ4n) is 2.05. The van der Waals surface area contributed by atoms with E-state index in [0.717, 1.165) is 22.3 Å². The maximum absolute atomic E-state index is 6.20. The number of aromatic nitrogens is 1. The van der Waals surface area contributed by atoms with Crippen molar-refractivity contribution >= 4 is 22.5 Å². The van der Waals surface area contributed by atoms with Crippen molar-refractivity contribution in [2.24, 2.45) is 0 Å². The van der Waals surface area contributed by atoms with Gasteiger partial charge in [0, 0.05) is 11.9 Å². The summed E-state index contributed by atoms with van der Waals surface area (Å²) in [6.45, 7) is 3.83. The van der Waals surface area contributed by atoms with Crippen LogP contribution in [-0.4, -0.2) is 30.1 Å². The molecule has 2 rings (SSSR count). The predicted molar refractivity (Wildman–Crippen MR) is 83.1 cm³/mol. The Morgan fingerprint density at radius 2 is 2.15 bits per heavy atom. The fourth-order valence-corrected chi connectivity index (χ4v) is 2.26. The molecule has 1 aromatic heterocycles. The Balaban J connectivity index is 2.41. The minimum atomic E-state index is 0.591. The molecular weight excluding hydrogens is 272 g/mol. The molecule has 1 heterocycles. The molecular formula is C16H17ClN2O. The minimum Gasteiger partial charge on any atom is -0.492 e. The van der Waals surface area contributed by atoms with Crippen molar-refractivity contribution in [3.05, 3.63) is 35.0 Å². The van der Waals surface area contributed by atoms with E-state index >= 15 is 0 Å². The van der Waals surface area contributed by atoms with Gasteiger partial charge in [-0.15, -0.1) is 6.42 Å². The third kappa shape index (κ3) is 3.22. The molecule has 0 bridgehead atoms. The molecule has 0 atom stereocenters. The number of hydrogen-bond acceptors (Lipinski definition) is 3. The molecule has 0 unspecified atom stereocenters. The summed E-state index contributed by atoms with van der Waals surface area (Å²) < 4.78 is 5.61. The van der Waals surface area contributed by atoms with E-state index in [1.54, 1.807) is 0 Å². The van der Waals surface area contributed by atoms with E-state index in [4.69, 9.17) is 22.8 Å². The molecule has 0 aliphatic carbocycles. The number of fused-ring (bicyclic) bond motifs is 1. The smallest absolute Gasteiger partial charge is 0.145 e. The highest BCUT2D eigenvalue weighted by atomic mass is 35.5. The predicted octanol–water partition coefficient (Wildman–Crippen LogP) is 3.35. The molecule has 104 valence electrons. The molecule has 0 saturated heterocycles. The number of terminal acetylenes is 1. The Labute approximate surface area is 124 Å². The fraction of sp³-hybridized carbons (Fsp3) is 0.312. The highest BCUT2D eigenvalue weighted by molar-refractivity contribution is 6.35. The second kappa shape index (κ2) is 6.60. The minimum absolute atomic E-state index is 0.591. The molecule has 0 spiro atoms. The Bertz CT molecular complexity index is 649. The average molecular weight is 289 g/mol. The topological polar surface area (TPSA) is 25.4 Å². The first-order chi connectivity index (χ1) is 9.65. The van der Waals surface area contributed by atoms with E-state index in [0.29, 0.717) is 24.7 Å². The summed E-state index contributed by atoms with van der Waals surface area (Å²) in [6, 6.07) is 7.64. The van der Waals surface area contributed by atoms with Gasteiger partial charge in [-0.1, -0.05) is 17.5 Å². The molecule has 2 aromatic rings. The largest absolute Gasteiger partial charge is 0.492 e. The van der Waals surface area contributed by atoms with E-state index in [2.05, 4.69) is 10.9 Å². The zero-order chi connectivity index (χ0) is 14.5. The van der Waals surface area contributed by atoms with Gasteiger partial charge in [-0.25, -0.2) is 4.98 Å². The summed E-state index contributed by atoms with van der Waals surface area (Å²) in [7, 11) is 1.97. The quantitative estimate of drug-likeness (QED) is 0.789. The normalized spacial score (nSPS) is 10.8. The standard InChI is InChI=1S/C16H17ClN2O/c1-4-10-19(3)11-12-6-7-13-14(17)8-9-15(20-5-2)16(13)18-12/h1,6-9H,5,10-11H2,2-3H3. The average Bonchev–Trinajstić information content (AvgIpc) is 2.42. The first-order valence-electron chi connectivity index (χ1n) is 6.48. The summed E-state index contributed by atoms with van der Waals surface area (Å²) in [5.41, 5.74) is 1.74. The van der Waals surface area contributed by atoms with Crippen LogP contribution >= 0.6 is 11.6 Å². The number of halogens is 1. The maximum Gasteiger partial charge on any atom is 0.145 e. The van der Waals surface area contributed by atoms with Gasteiger partial charge < -0.3 is 4.74 Å². The first-order valence-corrected chi connectivity index (χ1v) is 6.86. The van der Waals surface area contributed by atoms with Crippen LogP contribution in [0.4, 0.5) is 0 Å². The Morgan fingerprint density at radius 3 is 2.85 bits per heavy atom. The summed E-state index contributed by atoms with van der Waals surface area (Å²) in [5, 5.41) is 1.58. The molecule has 0 saturated carbocycles. The van der Waals surface area contributed by atoms with Crippen LogP contribution in [0.1, 0.15) is 12.6 Å². The number of hydrogen-bond donors (Lipinski definition) is 0. The van der Waals surface area contributed by atoms with Gasteiger partial charge in [-0.2, -0.15) is 0 Å². The lowest BCUT2D eigenvalue weighted by Gasteiger charge is -2.14. The molecule has 1 aromatic carbocycles. The van der Waals surface area contributed by atoms with Crippen LogP contribution in [-0.2, 0) is 6.54 Å². The number of pyridine rings is 1. The Hall–Kier alpha value is -1.76. The highest BCUT2D eigenvalue weighted by Gasteiger charge is 2.09. The lowest BCUT2D eigenvalue weighted by molar-refractivity contribution is 0.343. The lowest BCUT2D eigenvalue weighted by Crippen LogP contribution is -2.18. The van der Waals surface area contributed by atoms with Gasteiger partial charge in [-0.3, -0.25) is 4.90 Å². The monoisotopic (exact) mass is 288 g/mol. The van der Waals surface area contributed by atoms with Crippen molar-refractivity contribution in [1.82, 2.24) is 9.88 Å². The van der Waals surface area contributed by atoms with Gasteiger partial charge in [-0.05, 0) is 38.2 Å². The summed E-state index contributed by atoms with van der Waals surface area (Å²) >= 11 is 6.20. The Morgan fingerprint density at radius 1 is 1.35 bits per heavy atom. The van der Waals surface area contributed by atoms with Gasteiger partial charge >= 0.3 is 0 Å².